The Labute approximate surface area is 183 Å². The lowest BCUT2D eigenvalue weighted by Crippen LogP contribution is -2.42. The van der Waals surface area contributed by atoms with E-state index >= 15 is 0 Å². The minimum Gasteiger partial charge on any atom is -0.325 e. The Bertz CT molecular complexity index is 1220. The molecule has 1 fully saturated rings. The number of urea groups is 1. The van der Waals surface area contributed by atoms with E-state index in [1.54, 1.807) is 31.2 Å². The van der Waals surface area contributed by atoms with Gasteiger partial charge in [0.1, 0.15) is 18.4 Å². The molecule has 0 saturated carbocycles. The van der Waals surface area contributed by atoms with Gasteiger partial charge >= 0.3 is 6.03 Å². The molecule has 3 aromatic rings. The second kappa shape index (κ2) is 7.56. The Balaban J connectivity index is 1.32. The van der Waals surface area contributed by atoms with Crippen LogP contribution in [0.25, 0.3) is 5.69 Å². The van der Waals surface area contributed by atoms with E-state index in [-0.39, 0.29) is 6.54 Å². The van der Waals surface area contributed by atoms with Gasteiger partial charge in [0.05, 0.1) is 5.69 Å². The van der Waals surface area contributed by atoms with Crippen LogP contribution in [0.1, 0.15) is 30.0 Å². The topological polar surface area (TPSA) is 122 Å². The average Bonchev–Trinajstić information content (AvgIpc) is 3.52. The number of nitrogens with one attached hydrogen (secondary N) is 2. The van der Waals surface area contributed by atoms with E-state index in [9.17, 15) is 14.4 Å². The van der Waals surface area contributed by atoms with Gasteiger partial charge in [0.2, 0.25) is 5.91 Å². The van der Waals surface area contributed by atoms with Crippen molar-refractivity contribution in [3.63, 3.8) is 0 Å². The van der Waals surface area contributed by atoms with Gasteiger partial charge in [-0.15, -0.1) is 5.10 Å². The summed E-state index contributed by atoms with van der Waals surface area (Å²) in [7, 11) is 0. The van der Waals surface area contributed by atoms with Crippen molar-refractivity contribution in [3.8, 4) is 5.69 Å². The van der Waals surface area contributed by atoms with Crippen molar-refractivity contribution in [2.45, 2.75) is 31.7 Å². The number of aryl methyl sites for hydroxylation is 2. The number of amides is 4. The SMILES string of the molecule is C[C@]1(c2cccc(-n3cnnn3)c2)NC(=O)N(CC(=O)Nc2ccc3c(c2)CCC3)C1=O. The number of fused-ring (bicyclic) bond motifs is 1. The quantitative estimate of drug-likeness (QED) is 0.591. The van der Waals surface area contributed by atoms with E-state index in [2.05, 4.69) is 26.2 Å². The maximum atomic E-state index is 13.2. The summed E-state index contributed by atoms with van der Waals surface area (Å²) in [4.78, 5) is 39.3. The Hall–Kier alpha value is -4.08. The van der Waals surface area contributed by atoms with Gasteiger partial charge in [-0.05, 0) is 77.6 Å². The summed E-state index contributed by atoms with van der Waals surface area (Å²) in [5.41, 5.74) is 3.09. The van der Waals surface area contributed by atoms with Gasteiger partial charge in [0, 0.05) is 5.69 Å². The number of hydrogen-bond acceptors (Lipinski definition) is 6. The molecule has 2 N–H and O–H groups in total. The molecule has 0 unspecified atom stereocenters. The van der Waals surface area contributed by atoms with Crippen molar-refractivity contribution in [1.82, 2.24) is 30.4 Å². The van der Waals surface area contributed by atoms with Crippen LogP contribution < -0.4 is 10.6 Å². The van der Waals surface area contributed by atoms with Crippen molar-refractivity contribution in [2.24, 2.45) is 0 Å². The third kappa shape index (κ3) is 3.39. The smallest absolute Gasteiger partial charge is 0.325 e. The first kappa shape index (κ1) is 19.9. The van der Waals surface area contributed by atoms with E-state index in [1.165, 1.54) is 22.1 Å². The number of tetrazole rings is 1. The molecule has 1 aromatic heterocycles. The van der Waals surface area contributed by atoms with Crippen LogP contribution in [0, 0.1) is 0 Å². The van der Waals surface area contributed by atoms with Crippen LogP contribution in [-0.4, -0.2) is 49.5 Å². The number of hydrogen-bond donors (Lipinski definition) is 2. The molecule has 1 saturated heterocycles. The van der Waals surface area contributed by atoms with Gasteiger partial charge in [-0.3, -0.25) is 14.5 Å². The predicted molar refractivity (Wildman–Crippen MR) is 114 cm³/mol. The standard InChI is InChI=1S/C22H21N7O3/c1-22(16-6-3-7-18(11-16)29-13-23-26-27-29)20(31)28(21(32)25-22)12-19(30)24-17-9-8-14-4-2-5-15(14)10-17/h3,6-11,13H,2,4-5,12H2,1H3,(H,24,30)(H,25,32)/t22-/m1/s1. The van der Waals surface area contributed by atoms with Gasteiger partial charge in [-0.25, -0.2) is 9.48 Å². The summed E-state index contributed by atoms with van der Waals surface area (Å²) in [6.07, 6.45) is 4.60. The molecule has 162 valence electrons. The number of imide groups is 1. The maximum absolute atomic E-state index is 13.2. The maximum Gasteiger partial charge on any atom is 0.325 e. The number of nitrogens with zero attached hydrogens (tertiary/aromatic N) is 5. The molecular formula is C22H21N7O3. The lowest BCUT2D eigenvalue weighted by atomic mass is 9.91. The molecule has 1 aliphatic heterocycles. The summed E-state index contributed by atoms with van der Waals surface area (Å²) in [5, 5.41) is 16.6. The van der Waals surface area contributed by atoms with E-state index in [1.807, 2.05) is 18.2 Å². The highest BCUT2D eigenvalue weighted by Gasteiger charge is 2.49. The zero-order valence-electron chi connectivity index (χ0n) is 17.4. The zero-order chi connectivity index (χ0) is 22.3. The van der Waals surface area contributed by atoms with Gasteiger partial charge in [0.25, 0.3) is 5.91 Å². The number of carbonyl (C=O) groups excluding carboxylic acids is 3. The molecule has 2 heterocycles. The zero-order valence-corrected chi connectivity index (χ0v) is 17.4. The summed E-state index contributed by atoms with van der Waals surface area (Å²) in [6, 6.07) is 12.2. The summed E-state index contributed by atoms with van der Waals surface area (Å²) >= 11 is 0. The number of rotatable bonds is 5. The molecular weight excluding hydrogens is 410 g/mol. The molecule has 2 aromatic carbocycles. The Morgan fingerprint density at radius 3 is 2.81 bits per heavy atom. The minimum absolute atomic E-state index is 0.371. The number of anilines is 1. The second-order valence-electron chi connectivity index (χ2n) is 8.14. The van der Waals surface area contributed by atoms with E-state index in [0.29, 0.717) is 16.9 Å². The fraction of sp³-hybridized carbons (Fsp3) is 0.273. The first-order valence-corrected chi connectivity index (χ1v) is 10.3. The first-order chi connectivity index (χ1) is 15.4. The molecule has 32 heavy (non-hydrogen) atoms. The third-order valence-electron chi connectivity index (χ3n) is 6.00. The van der Waals surface area contributed by atoms with Crippen LogP contribution >= 0.6 is 0 Å². The normalized spacial score (nSPS) is 19.7. The lowest BCUT2D eigenvalue weighted by Gasteiger charge is -2.22. The van der Waals surface area contributed by atoms with Crippen LogP contribution in [0.5, 0.6) is 0 Å². The van der Waals surface area contributed by atoms with Crippen molar-refractivity contribution in [3.05, 3.63) is 65.5 Å². The lowest BCUT2D eigenvalue weighted by molar-refractivity contribution is -0.133. The Morgan fingerprint density at radius 2 is 2.00 bits per heavy atom. The van der Waals surface area contributed by atoms with E-state index in [4.69, 9.17) is 0 Å². The van der Waals surface area contributed by atoms with E-state index in [0.717, 1.165) is 24.2 Å². The summed E-state index contributed by atoms with van der Waals surface area (Å²) in [6.45, 7) is 1.24. The largest absolute Gasteiger partial charge is 0.325 e. The van der Waals surface area contributed by atoms with E-state index < -0.39 is 23.4 Å². The molecule has 5 rings (SSSR count). The van der Waals surface area contributed by atoms with Crippen LogP contribution in [0.3, 0.4) is 0 Å². The number of aromatic nitrogens is 4. The van der Waals surface area contributed by atoms with Crippen molar-refractivity contribution in [2.75, 3.05) is 11.9 Å². The summed E-state index contributed by atoms with van der Waals surface area (Å²) < 4.78 is 1.45. The van der Waals surface area contributed by atoms with Gasteiger partial charge in [0.15, 0.2) is 0 Å². The highest BCUT2D eigenvalue weighted by atomic mass is 16.2. The fourth-order valence-corrected chi connectivity index (χ4v) is 4.27. The molecule has 1 aliphatic carbocycles. The average molecular weight is 431 g/mol. The first-order valence-electron chi connectivity index (χ1n) is 10.3. The molecule has 4 amide bonds. The molecule has 10 heteroatoms. The third-order valence-corrected chi connectivity index (χ3v) is 6.00. The highest BCUT2D eigenvalue weighted by molar-refractivity contribution is 6.10. The number of benzene rings is 2. The monoisotopic (exact) mass is 431 g/mol. The molecule has 0 radical (unpaired) electrons. The molecule has 2 aliphatic rings. The minimum atomic E-state index is -1.31. The van der Waals surface area contributed by atoms with Crippen molar-refractivity contribution < 1.29 is 14.4 Å². The Morgan fingerprint density at radius 1 is 1.16 bits per heavy atom. The van der Waals surface area contributed by atoms with Crippen molar-refractivity contribution in [1.29, 1.82) is 0 Å². The predicted octanol–water partition coefficient (Wildman–Crippen LogP) is 1.56. The van der Waals surface area contributed by atoms with Crippen LogP contribution in [0.4, 0.5) is 10.5 Å². The highest BCUT2D eigenvalue weighted by Crippen LogP contribution is 2.30. The molecule has 1 atom stereocenters. The molecule has 0 spiro atoms. The summed E-state index contributed by atoms with van der Waals surface area (Å²) in [5.74, 6) is -0.932. The van der Waals surface area contributed by atoms with Gasteiger partial charge in [-0.1, -0.05) is 18.2 Å². The van der Waals surface area contributed by atoms with Gasteiger partial charge in [-0.2, -0.15) is 0 Å². The van der Waals surface area contributed by atoms with Crippen LogP contribution in [-0.2, 0) is 28.0 Å². The van der Waals surface area contributed by atoms with Gasteiger partial charge < -0.3 is 10.6 Å². The number of carbonyl (C=O) groups is 3. The Kier molecular flexibility index (Phi) is 4.69. The fourth-order valence-electron chi connectivity index (χ4n) is 4.27. The second-order valence-corrected chi connectivity index (χ2v) is 8.14. The van der Waals surface area contributed by atoms with Crippen molar-refractivity contribution >= 4 is 23.5 Å². The van der Waals surface area contributed by atoms with Crippen LogP contribution in [0.2, 0.25) is 0 Å². The molecule has 10 nitrogen and oxygen atoms in total. The molecule has 0 bridgehead atoms. The van der Waals surface area contributed by atoms with Crippen LogP contribution in [0.15, 0.2) is 48.8 Å².